The Labute approximate surface area is 173 Å². The van der Waals surface area contributed by atoms with Crippen LogP contribution in [0.1, 0.15) is 16.8 Å². The van der Waals surface area contributed by atoms with E-state index in [1.54, 1.807) is 10.7 Å². The summed E-state index contributed by atoms with van der Waals surface area (Å²) in [4.78, 5) is 10.7. The molecule has 140 valence electrons. The zero-order chi connectivity index (χ0) is 19.4. The van der Waals surface area contributed by atoms with E-state index < -0.39 is 6.16 Å². The van der Waals surface area contributed by atoms with E-state index >= 15 is 0 Å². The Hall–Kier alpha value is -2.32. The second-order valence-corrected chi connectivity index (χ2v) is 7.65. The summed E-state index contributed by atoms with van der Waals surface area (Å²) < 4.78 is 14.2. The molecule has 0 bridgehead atoms. The van der Waals surface area contributed by atoms with Gasteiger partial charge in [-0.1, -0.05) is 44.0 Å². The first-order valence-corrected chi connectivity index (χ1v) is 9.60. The molecule has 0 amide bonds. The Kier molecular flexibility index (Phi) is 6.18. The van der Waals surface area contributed by atoms with E-state index in [9.17, 15) is 4.79 Å². The van der Waals surface area contributed by atoms with Gasteiger partial charge < -0.3 is 14.6 Å². The molecule has 0 atom stereocenters. The van der Waals surface area contributed by atoms with Gasteiger partial charge in [0.2, 0.25) is 5.88 Å². The highest BCUT2D eigenvalue weighted by atomic mass is 79.9. The van der Waals surface area contributed by atoms with Crippen molar-refractivity contribution in [2.75, 3.05) is 0 Å². The zero-order valence-electron chi connectivity index (χ0n) is 14.4. The number of carboxylic acid groups (broad SMARTS) is 1. The standard InChI is InChI=1S/C19H16Br2N2O4/c1-12-7-18(27-19(24)25)22-23(12)10-14-9-16(21)5-6-17(14)26-11-13-3-2-4-15(20)8-13/h2-9H,10-11H2,1H3,(H,24,25). The summed E-state index contributed by atoms with van der Waals surface area (Å²) in [6, 6.07) is 15.3. The third-order valence-corrected chi connectivity index (χ3v) is 4.76. The summed E-state index contributed by atoms with van der Waals surface area (Å²) in [6.07, 6.45) is -1.39. The van der Waals surface area contributed by atoms with E-state index in [2.05, 4.69) is 41.7 Å². The van der Waals surface area contributed by atoms with E-state index in [-0.39, 0.29) is 5.88 Å². The molecule has 2 aromatic carbocycles. The van der Waals surface area contributed by atoms with Crippen LogP contribution in [0.4, 0.5) is 4.79 Å². The van der Waals surface area contributed by atoms with Crippen molar-refractivity contribution in [3.05, 3.63) is 74.3 Å². The SMILES string of the molecule is Cc1cc(OC(=O)O)nn1Cc1cc(Br)ccc1OCc1cccc(Br)c1. The van der Waals surface area contributed by atoms with E-state index in [0.717, 1.165) is 31.5 Å². The minimum atomic E-state index is -1.39. The first-order valence-electron chi connectivity index (χ1n) is 8.01. The van der Waals surface area contributed by atoms with Crippen molar-refractivity contribution < 1.29 is 19.4 Å². The van der Waals surface area contributed by atoms with Crippen molar-refractivity contribution in [3.8, 4) is 11.6 Å². The quantitative estimate of drug-likeness (QED) is 0.463. The molecule has 0 aliphatic rings. The van der Waals surface area contributed by atoms with Crippen LogP contribution < -0.4 is 9.47 Å². The van der Waals surface area contributed by atoms with E-state index in [4.69, 9.17) is 9.84 Å². The highest BCUT2D eigenvalue weighted by Crippen LogP contribution is 2.26. The van der Waals surface area contributed by atoms with Crippen LogP contribution in [-0.4, -0.2) is 21.0 Å². The molecule has 27 heavy (non-hydrogen) atoms. The predicted octanol–water partition coefficient (Wildman–Crippen LogP) is 5.40. The molecule has 3 aromatic rings. The summed E-state index contributed by atoms with van der Waals surface area (Å²) in [7, 11) is 0. The molecular weight excluding hydrogens is 480 g/mol. The van der Waals surface area contributed by atoms with Crippen LogP contribution in [0.25, 0.3) is 0 Å². The number of nitrogens with zero attached hydrogens (tertiary/aromatic N) is 2. The van der Waals surface area contributed by atoms with Gasteiger partial charge in [0.1, 0.15) is 12.4 Å². The summed E-state index contributed by atoms with van der Waals surface area (Å²) in [5, 5.41) is 12.9. The lowest BCUT2D eigenvalue weighted by atomic mass is 10.2. The molecule has 0 saturated carbocycles. The van der Waals surface area contributed by atoms with Crippen LogP contribution in [0, 0.1) is 6.92 Å². The third-order valence-electron chi connectivity index (χ3n) is 3.78. The number of benzene rings is 2. The summed E-state index contributed by atoms with van der Waals surface area (Å²) in [6.45, 7) is 2.68. The lowest BCUT2D eigenvalue weighted by molar-refractivity contribution is 0.142. The first-order chi connectivity index (χ1) is 12.9. The summed E-state index contributed by atoms with van der Waals surface area (Å²) in [5.74, 6) is 0.778. The number of hydrogen-bond donors (Lipinski definition) is 1. The van der Waals surface area contributed by atoms with Crippen molar-refractivity contribution in [1.29, 1.82) is 0 Å². The first kappa shape index (κ1) is 19.4. The average Bonchev–Trinajstić information content (AvgIpc) is 2.92. The topological polar surface area (TPSA) is 73.6 Å². The fourth-order valence-electron chi connectivity index (χ4n) is 2.54. The maximum absolute atomic E-state index is 10.7. The fraction of sp³-hybridized carbons (Fsp3) is 0.158. The normalized spacial score (nSPS) is 10.6. The van der Waals surface area contributed by atoms with Gasteiger partial charge in [0, 0.05) is 26.3 Å². The number of aryl methyl sites for hydroxylation is 1. The Balaban J connectivity index is 1.80. The van der Waals surface area contributed by atoms with E-state index in [1.807, 2.05) is 49.4 Å². The van der Waals surface area contributed by atoms with Crippen molar-refractivity contribution in [1.82, 2.24) is 9.78 Å². The van der Waals surface area contributed by atoms with Gasteiger partial charge >= 0.3 is 6.16 Å². The minimum Gasteiger partial charge on any atom is -0.489 e. The van der Waals surface area contributed by atoms with Gasteiger partial charge in [-0.25, -0.2) is 4.79 Å². The van der Waals surface area contributed by atoms with Crippen LogP contribution in [-0.2, 0) is 13.2 Å². The lowest BCUT2D eigenvalue weighted by Crippen LogP contribution is -2.08. The summed E-state index contributed by atoms with van der Waals surface area (Å²) >= 11 is 6.93. The maximum atomic E-state index is 10.7. The molecule has 1 N–H and O–H groups in total. The van der Waals surface area contributed by atoms with Crippen LogP contribution >= 0.6 is 31.9 Å². The van der Waals surface area contributed by atoms with Gasteiger partial charge in [-0.05, 0) is 42.8 Å². The van der Waals surface area contributed by atoms with Crippen molar-refractivity contribution in [3.63, 3.8) is 0 Å². The molecule has 0 spiro atoms. The molecule has 8 heteroatoms. The second kappa shape index (κ2) is 8.58. The fourth-order valence-corrected chi connectivity index (χ4v) is 3.40. The lowest BCUT2D eigenvalue weighted by Gasteiger charge is -2.13. The van der Waals surface area contributed by atoms with Crippen LogP contribution in [0.5, 0.6) is 11.6 Å². The third kappa shape index (κ3) is 5.33. The Bertz CT molecular complexity index is 972. The molecule has 3 rings (SSSR count). The molecule has 0 aliphatic carbocycles. The zero-order valence-corrected chi connectivity index (χ0v) is 17.5. The van der Waals surface area contributed by atoms with E-state index in [1.165, 1.54) is 0 Å². The van der Waals surface area contributed by atoms with Gasteiger partial charge in [0.25, 0.3) is 0 Å². The van der Waals surface area contributed by atoms with Crippen LogP contribution in [0.3, 0.4) is 0 Å². The number of hydrogen-bond acceptors (Lipinski definition) is 4. The molecule has 1 aromatic heterocycles. The Morgan fingerprint density at radius 2 is 1.93 bits per heavy atom. The Morgan fingerprint density at radius 1 is 1.15 bits per heavy atom. The van der Waals surface area contributed by atoms with Gasteiger partial charge in [0.05, 0.1) is 6.54 Å². The maximum Gasteiger partial charge on any atom is 0.512 e. The largest absolute Gasteiger partial charge is 0.512 e. The molecule has 0 radical (unpaired) electrons. The van der Waals surface area contributed by atoms with Gasteiger partial charge in [-0.3, -0.25) is 4.68 Å². The predicted molar refractivity (Wildman–Crippen MR) is 107 cm³/mol. The molecule has 0 unspecified atom stereocenters. The molecule has 0 aliphatic heterocycles. The molecule has 0 saturated heterocycles. The van der Waals surface area contributed by atoms with E-state index in [0.29, 0.717) is 13.2 Å². The number of halogens is 2. The second-order valence-electron chi connectivity index (χ2n) is 5.82. The van der Waals surface area contributed by atoms with Crippen molar-refractivity contribution in [2.24, 2.45) is 0 Å². The monoisotopic (exact) mass is 494 g/mol. The van der Waals surface area contributed by atoms with Crippen molar-refractivity contribution >= 4 is 38.0 Å². The molecule has 6 nitrogen and oxygen atoms in total. The van der Waals surface area contributed by atoms with Crippen LogP contribution in [0.2, 0.25) is 0 Å². The smallest absolute Gasteiger partial charge is 0.489 e. The van der Waals surface area contributed by atoms with Gasteiger partial charge in [0.15, 0.2) is 0 Å². The molecular formula is C19H16Br2N2O4. The highest BCUT2D eigenvalue weighted by molar-refractivity contribution is 9.10. The molecule has 1 heterocycles. The highest BCUT2D eigenvalue weighted by Gasteiger charge is 2.12. The van der Waals surface area contributed by atoms with Gasteiger partial charge in [-0.2, -0.15) is 0 Å². The van der Waals surface area contributed by atoms with Crippen molar-refractivity contribution in [2.45, 2.75) is 20.1 Å². The number of ether oxygens (including phenoxy) is 2. The number of carbonyl (C=O) groups is 1. The Morgan fingerprint density at radius 3 is 2.67 bits per heavy atom. The minimum absolute atomic E-state index is 0.0478. The van der Waals surface area contributed by atoms with Crippen LogP contribution in [0.15, 0.2) is 57.5 Å². The number of aromatic nitrogens is 2. The van der Waals surface area contributed by atoms with Gasteiger partial charge in [-0.15, -0.1) is 5.10 Å². The number of rotatable bonds is 6. The summed E-state index contributed by atoms with van der Waals surface area (Å²) in [5.41, 5.74) is 2.74. The average molecular weight is 496 g/mol. The molecule has 0 fully saturated rings.